The fourth-order valence-electron chi connectivity index (χ4n) is 2.55. The van der Waals surface area contributed by atoms with Gasteiger partial charge in [0.05, 0.1) is 25.1 Å². The second-order valence-electron chi connectivity index (χ2n) is 5.65. The molecule has 0 radical (unpaired) electrons. The number of nitrogens with zero attached hydrogens (tertiary/aromatic N) is 3. The van der Waals surface area contributed by atoms with Gasteiger partial charge in [-0.3, -0.25) is 0 Å². The number of morpholine rings is 1. The second-order valence-corrected chi connectivity index (χ2v) is 7.39. The van der Waals surface area contributed by atoms with Crippen LogP contribution in [0.1, 0.15) is 0 Å². The van der Waals surface area contributed by atoms with Crippen LogP contribution in [0.5, 0.6) is 0 Å². The fraction of sp³-hybridized carbons (Fsp3) is 0.375. The highest BCUT2D eigenvalue weighted by molar-refractivity contribution is 7.89. The molecule has 1 saturated heterocycles. The van der Waals surface area contributed by atoms with Crippen LogP contribution >= 0.6 is 0 Å². The molecule has 1 aliphatic heterocycles. The maximum Gasteiger partial charge on any atom is 0.243 e. The summed E-state index contributed by atoms with van der Waals surface area (Å²) in [6.07, 6.45) is 1.68. The monoisotopic (exact) mass is 381 g/mol. The van der Waals surface area contributed by atoms with Crippen LogP contribution in [-0.2, 0) is 14.8 Å². The van der Waals surface area contributed by atoms with Crippen molar-refractivity contribution in [3.63, 3.8) is 0 Å². The first-order chi connectivity index (χ1) is 12.6. The van der Waals surface area contributed by atoms with Gasteiger partial charge in [0.15, 0.2) is 5.82 Å². The summed E-state index contributed by atoms with van der Waals surface area (Å²) in [5, 5.41) is 11.0. The van der Waals surface area contributed by atoms with Crippen LogP contribution in [0.3, 0.4) is 0 Å². The fourth-order valence-corrected chi connectivity index (χ4v) is 3.66. The predicted molar refractivity (Wildman–Crippen MR) is 95.1 cm³/mol. The van der Waals surface area contributed by atoms with Gasteiger partial charge in [-0.1, -0.05) is 12.1 Å². The Morgan fingerprint density at radius 3 is 2.73 bits per heavy atom. The number of rotatable bonds is 7. The molecule has 2 N–H and O–H groups in total. The van der Waals surface area contributed by atoms with Gasteiger partial charge < -0.3 is 15.0 Å². The Morgan fingerprint density at radius 2 is 1.96 bits per heavy atom. The van der Waals surface area contributed by atoms with E-state index in [0.29, 0.717) is 19.0 Å². The average Bonchev–Trinajstić information content (AvgIpc) is 2.66. The van der Waals surface area contributed by atoms with Crippen LogP contribution in [0.15, 0.2) is 41.4 Å². The lowest BCUT2D eigenvalue weighted by Gasteiger charge is -2.28. The van der Waals surface area contributed by atoms with Crippen LogP contribution in [0.4, 0.5) is 15.9 Å². The molecule has 10 heteroatoms. The number of benzene rings is 1. The number of sulfonamides is 1. The molecule has 0 saturated carbocycles. The van der Waals surface area contributed by atoms with E-state index in [-0.39, 0.29) is 18.0 Å². The lowest BCUT2D eigenvalue weighted by atomic mass is 10.3. The lowest BCUT2D eigenvalue weighted by molar-refractivity contribution is 0.122. The third kappa shape index (κ3) is 4.65. The van der Waals surface area contributed by atoms with Gasteiger partial charge in [0.25, 0.3) is 0 Å². The Kier molecular flexibility index (Phi) is 5.96. The largest absolute Gasteiger partial charge is 0.378 e. The maximum absolute atomic E-state index is 13.6. The molecule has 2 heterocycles. The van der Waals surface area contributed by atoms with Gasteiger partial charge in [-0.25, -0.2) is 17.5 Å². The molecule has 1 aromatic heterocycles. The van der Waals surface area contributed by atoms with Crippen molar-refractivity contribution in [1.82, 2.24) is 14.9 Å². The molecule has 0 atom stereocenters. The molecule has 26 heavy (non-hydrogen) atoms. The van der Waals surface area contributed by atoms with Gasteiger partial charge in [0.2, 0.25) is 10.0 Å². The summed E-state index contributed by atoms with van der Waals surface area (Å²) >= 11 is 0. The van der Waals surface area contributed by atoms with Crippen molar-refractivity contribution in [2.24, 2.45) is 0 Å². The zero-order valence-electron chi connectivity index (χ0n) is 14.1. The molecular formula is C16H20FN5O3S. The van der Waals surface area contributed by atoms with E-state index in [1.807, 2.05) is 6.07 Å². The minimum Gasteiger partial charge on any atom is -0.378 e. The molecule has 0 spiro atoms. The van der Waals surface area contributed by atoms with Crippen molar-refractivity contribution in [2.75, 3.05) is 49.6 Å². The average molecular weight is 381 g/mol. The maximum atomic E-state index is 13.6. The summed E-state index contributed by atoms with van der Waals surface area (Å²) in [5.74, 6) is -0.240. The van der Waals surface area contributed by atoms with Crippen molar-refractivity contribution in [3.8, 4) is 0 Å². The van der Waals surface area contributed by atoms with Crippen LogP contribution in [-0.4, -0.2) is 58.0 Å². The summed E-state index contributed by atoms with van der Waals surface area (Å²) < 4.78 is 45.5. The Morgan fingerprint density at radius 1 is 1.19 bits per heavy atom. The highest BCUT2D eigenvalue weighted by atomic mass is 32.2. The Labute approximate surface area is 151 Å². The van der Waals surface area contributed by atoms with Crippen molar-refractivity contribution >= 4 is 21.5 Å². The minimum absolute atomic E-state index is 0.0835. The van der Waals surface area contributed by atoms with Crippen molar-refractivity contribution in [3.05, 3.63) is 42.3 Å². The Bertz CT molecular complexity index is 843. The topological polar surface area (TPSA) is 96.5 Å². The second kappa shape index (κ2) is 8.39. The molecule has 3 rings (SSSR count). The SMILES string of the molecule is O=S(=O)(NCCNc1cc(N2CCOCC2)cnn1)c1ccccc1F. The highest BCUT2D eigenvalue weighted by Crippen LogP contribution is 2.17. The number of ether oxygens (including phenoxy) is 1. The standard InChI is InChI=1S/C16H20FN5O3S/c17-14-3-1-2-4-15(14)26(23,24)20-6-5-18-16-11-13(12-19-21-16)22-7-9-25-10-8-22/h1-4,11-12,20H,5-10H2,(H,18,21). The van der Waals surface area contributed by atoms with Crippen molar-refractivity contribution in [2.45, 2.75) is 4.90 Å². The van der Waals surface area contributed by atoms with Gasteiger partial charge >= 0.3 is 0 Å². The third-order valence-corrected chi connectivity index (χ3v) is 5.36. The summed E-state index contributed by atoms with van der Waals surface area (Å²) in [7, 11) is -3.89. The molecule has 0 aliphatic carbocycles. The Balaban J connectivity index is 1.53. The molecule has 1 fully saturated rings. The zero-order chi connectivity index (χ0) is 18.4. The summed E-state index contributed by atoms with van der Waals surface area (Å²) in [4.78, 5) is 1.78. The first kappa shape index (κ1) is 18.5. The van der Waals surface area contributed by atoms with Crippen LogP contribution in [0.2, 0.25) is 0 Å². The van der Waals surface area contributed by atoms with Crippen LogP contribution in [0, 0.1) is 5.82 Å². The molecule has 2 aromatic rings. The van der Waals surface area contributed by atoms with Crippen molar-refractivity contribution < 1.29 is 17.5 Å². The molecule has 0 bridgehead atoms. The van der Waals surface area contributed by atoms with Gasteiger partial charge in [0.1, 0.15) is 10.7 Å². The Hall–Kier alpha value is -2.30. The number of aromatic nitrogens is 2. The molecule has 0 unspecified atom stereocenters. The van der Waals surface area contributed by atoms with Crippen molar-refractivity contribution in [1.29, 1.82) is 0 Å². The first-order valence-corrected chi connectivity index (χ1v) is 9.68. The van der Waals surface area contributed by atoms with Crippen LogP contribution in [0.25, 0.3) is 0 Å². The molecule has 1 aromatic carbocycles. The molecular weight excluding hydrogens is 361 g/mol. The van der Waals surface area contributed by atoms with E-state index < -0.39 is 15.8 Å². The van der Waals surface area contributed by atoms with E-state index >= 15 is 0 Å². The minimum atomic E-state index is -3.89. The number of hydrogen-bond acceptors (Lipinski definition) is 7. The number of halogens is 1. The number of hydrogen-bond donors (Lipinski definition) is 2. The van der Waals surface area contributed by atoms with E-state index in [4.69, 9.17) is 4.74 Å². The first-order valence-electron chi connectivity index (χ1n) is 8.20. The van der Waals surface area contributed by atoms with E-state index in [2.05, 4.69) is 25.1 Å². The van der Waals surface area contributed by atoms with Gasteiger partial charge in [-0.2, -0.15) is 5.10 Å². The normalized spacial score (nSPS) is 15.0. The van der Waals surface area contributed by atoms with Crippen LogP contribution < -0.4 is 14.9 Å². The predicted octanol–water partition coefficient (Wildman–Crippen LogP) is 0.843. The molecule has 1 aliphatic rings. The molecule has 8 nitrogen and oxygen atoms in total. The summed E-state index contributed by atoms with van der Waals surface area (Å²) in [6, 6.07) is 7.10. The molecule has 140 valence electrons. The highest BCUT2D eigenvalue weighted by Gasteiger charge is 2.17. The summed E-state index contributed by atoms with van der Waals surface area (Å²) in [5.41, 5.74) is 0.928. The van der Waals surface area contributed by atoms with Gasteiger partial charge in [-0.15, -0.1) is 5.10 Å². The smallest absolute Gasteiger partial charge is 0.243 e. The lowest BCUT2D eigenvalue weighted by Crippen LogP contribution is -2.36. The van der Waals surface area contributed by atoms with E-state index in [1.165, 1.54) is 18.2 Å². The van der Waals surface area contributed by atoms with E-state index in [0.717, 1.165) is 24.8 Å². The third-order valence-electron chi connectivity index (χ3n) is 3.87. The van der Waals surface area contributed by atoms with E-state index in [9.17, 15) is 12.8 Å². The number of anilines is 2. The quantitative estimate of drug-likeness (QED) is 0.686. The van der Waals surface area contributed by atoms with Gasteiger partial charge in [0, 0.05) is 32.2 Å². The summed E-state index contributed by atoms with van der Waals surface area (Å²) in [6.45, 7) is 3.28. The number of nitrogens with one attached hydrogen (secondary N) is 2. The molecule has 0 amide bonds. The van der Waals surface area contributed by atoms with E-state index in [1.54, 1.807) is 6.20 Å². The van der Waals surface area contributed by atoms with Gasteiger partial charge in [-0.05, 0) is 12.1 Å². The zero-order valence-corrected chi connectivity index (χ0v) is 14.9.